The molecule has 0 spiro atoms. The lowest BCUT2D eigenvalue weighted by molar-refractivity contribution is -0.142. The maximum atomic E-state index is 11.5. The molecule has 0 bridgehead atoms. The second-order valence-corrected chi connectivity index (χ2v) is 3.86. The van der Waals surface area contributed by atoms with E-state index in [1.807, 2.05) is 0 Å². The molecule has 15 heavy (non-hydrogen) atoms. The van der Waals surface area contributed by atoms with Crippen LogP contribution in [0, 0.1) is 0 Å². The van der Waals surface area contributed by atoms with E-state index in [1.54, 1.807) is 31.2 Å². The van der Waals surface area contributed by atoms with Crippen molar-refractivity contribution in [1.29, 1.82) is 0 Å². The molecular formula is C11H11BrO3. The van der Waals surface area contributed by atoms with Gasteiger partial charge in [0.05, 0.1) is 0 Å². The van der Waals surface area contributed by atoms with Crippen LogP contribution in [0.4, 0.5) is 0 Å². The highest BCUT2D eigenvalue weighted by molar-refractivity contribution is 9.10. The van der Waals surface area contributed by atoms with Gasteiger partial charge in [-0.2, -0.15) is 0 Å². The zero-order valence-corrected chi connectivity index (χ0v) is 9.91. The third-order valence-electron chi connectivity index (χ3n) is 1.82. The molecule has 0 saturated heterocycles. The Bertz CT molecular complexity index is 357. The first kappa shape index (κ1) is 11.9. The van der Waals surface area contributed by atoms with Gasteiger partial charge < -0.3 is 4.74 Å². The predicted octanol–water partition coefficient (Wildman–Crippen LogP) is 2.59. The highest BCUT2D eigenvalue weighted by Gasteiger charge is 2.08. The molecule has 1 rings (SSSR count). The van der Waals surface area contributed by atoms with Crippen molar-refractivity contribution in [2.24, 2.45) is 0 Å². The molecule has 1 aromatic carbocycles. The highest BCUT2D eigenvalue weighted by atomic mass is 79.9. The lowest BCUT2D eigenvalue weighted by atomic mass is 10.1. The topological polar surface area (TPSA) is 43.4 Å². The first-order valence-electron chi connectivity index (χ1n) is 4.58. The van der Waals surface area contributed by atoms with Gasteiger partial charge in [0.2, 0.25) is 0 Å². The molecule has 3 nitrogen and oxygen atoms in total. The standard InChI is InChI=1S/C11H11BrO3/c1-2-11(14)15-7-10(13)8-3-5-9(12)6-4-8/h3-6H,2,7H2,1H3. The Balaban J connectivity index is 2.54. The highest BCUT2D eigenvalue weighted by Crippen LogP contribution is 2.11. The van der Waals surface area contributed by atoms with E-state index in [1.165, 1.54) is 0 Å². The van der Waals surface area contributed by atoms with Gasteiger partial charge >= 0.3 is 5.97 Å². The molecule has 0 aromatic heterocycles. The van der Waals surface area contributed by atoms with E-state index < -0.39 is 0 Å². The Hall–Kier alpha value is -1.16. The van der Waals surface area contributed by atoms with E-state index in [0.717, 1.165) is 4.47 Å². The summed E-state index contributed by atoms with van der Waals surface area (Å²) in [6, 6.07) is 6.92. The zero-order valence-electron chi connectivity index (χ0n) is 8.33. The third kappa shape index (κ3) is 3.83. The quantitative estimate of drug-likeness (QED) is 0.624. The number of benzene rings is 1. The second kappa shape index (κ2) is 5.66. The molecular weight excluding hydrogens is 260 g/mol. The number of hydrogen-bond acceptors (Lipinski definition) is 3. The lowest BCUT2D eigenvalue weighted by Gasteiger charge is -2.02. The fourth-order valence-electron chi connectivity index (χ4n) is 0.967. The molecule has 0 N–H and O–H groups in total. The van der Waals surface area contributed by atoms with E-state index in [9.17, 15) is 9.59 Å². The first-order chi connectivity index (χ1) is 7.13. The van der Waals surface area contributed by atoms with Gasteiger partial charge in [0.1, 0.15) is 0 Å². The van der Waals surface area contributed by atoms with E-state index in [2.05, 4.69) is 15.9 Å². The van der Waals surface area contributed by atoms with Crippen LogP contribution in [0.3, 0.4) is 0 Å². The molecule has 0 unspecified atom stereocenters. The average molecular weight is 271 g/mol. The minimum Gasteiger partial charge on any atom is -0.457 e. The second-order valence-electron chi connectivity index (χ2n) is 2.94. The number of carbonyl (C=O) groups is 2. The van der Waals surface area contributed by atoms with E-state index >= 15 is 0 Å². The van der Waals surface area contributed by atoms with Crippen molar-refractivity contribution in [3.05, 3.63) is 34.3 Å². The summed E-state index contributed by atoms with van der Waals surface area (Å²) >= 11 is 3.27. The first-order valence-corrected chi connectivity index (χ1v) is 5.37. The van der Waals surface area contributed by atoms with Crippen LogP contribution in [0.2, 0.25) is 0 Å². The molecule has 0 heterocycles. The Morgan fingerprint density at radius 2 is 1.87 bits per heavy atom. The number of esters is 1. The molecule has 0 amide bonds. The summed E-state index contributed by atoms with van der Waals surface area (Å²) in [5.74, 6) is -0.551. The summed E-state index contributed by atoms with van der Waals surface area (Å²) in [5, 5.41) is 0. The van der Waals surface area contributed by atoms with Crippen molar-refractivity contribution in [1.82, 2.24) is 0 Å². The van der Waals surface area contributed by atoms with Gasteiger partial charge in [0.15, 0.2) is 12.4 Å². The number of halogens is 1. The third-order valence-corrected chi connectivity index (χ3v) is 2.35. The number of rotatable bonds is 4. The van der Waals surface area contributed by atoms with Crippen LogP contribution < -0.4 is 0 Å². The van der Waals surface area contributed by atoms with Gasteiger partial charge in [0, 0.05) is 16.5 Å². The van der Waals surface area contributed by atoms with Crippen LogP contribution in [0.5, 0.6) is 0 Å². The van der Waals surface area contributed by atoms with Crippen LogP contribution in [-0.4, -0.2) is 18.4 Å². The SMILES string of the molecule is CCC(=O)OCC(=O)c1ccc(Br)cc1. The fourth-order valence-corrected chi connectivity index (χ4v) is 1.23. The summed E-state index contributed by atoms with van der Waals surface area (Å²) < 4.78 is 5.64. The molecule has 4 heteroatoms. The van der Waals surface area contributed by atoms with Crippen molar-refractivity contribution in [3.63, 3.8) is 0 Å². The smallest absolute Gasteiger partial charge is 0.305 e. The molecule has 80 valence electrons. The van der Waals surface area contributed by atoms with E-state index in [-0.39, 0.29) is 24.8 Å². The molecule has 0 aliphatic rings. The largest absolute Gasteiger partial charge is 0.457 e. The monoisotopic (exact) mass is 270 g/mol. The number of carbonyl (C=O) groups excluding carboxylic acids is 2. The van der Waals surface area contributed by atoms with Gasteiger partial charge in [-0.15, -0.1) is 0 Å². The Kier molecular flexibility index (Phi) is 4.49. The summed E-state index contributed by atoms with van der Waals surface area (Å²) in [6.45, 7) is 1.50. The van der Waals surface area contributed by atoms with Crippen LogP contribution in [0.1, 0.15) is 23.7 Å². The van der Waals surface area contributed by atoms with Gasteiger partial charge in [-0.3, -0.25) is 9.59 Å². The molecule has 0 aliphatic heterocycles. The summed E-state index contributed by atoms with van der Waals surface area (Å²) in [5.41, 5.74) is 0.544. The van der Waals surface area contributed by atoms with Crippen LogP contribution in [0.25, 0.3) is 0 Å². The Morgan fingerprint density at radius 3 is 2.40 bits per heavy atom. The van der Waals surface area contributed by atoms with E-state index in [0.29, 0.717) is 5.56 Å². The van der Waals surface area contributed by atoms with Crippen molar-refractivity contribution >= 4 is 27.7 Å². The Labute approximate surface area is 96.6 Å². The lowest BCUT2D eigenvalue weighted by Crippen LogP contribution is -2.13. The molecule has 0 aliphatic carbocycles. The van der Waals surface area contributed by atoms with Gasteiger partial charge in [-0.1, -0.05) is 35.0 Å². The Morgan fingerprint density at radius 1 is 1.27 bits per heavy atom. The fraction of sp³-hybridized carbons (Fsp3) is 0.273. The summed E-state index contributed by atoms with van der Waals surface area (Å²) in [6.07, 6.45) is 0.285. The molecule has 0 saturated carbocycles. The number of ether oxygens (including phenoxy) is 1. The number of hydrogen-bond donors (Lipinski definition) is 0. The van der Waals surface area contributed by atoms with Crippen molar-refractivity contribution in [2.75, 3.05) is 6.61 Å². The van der Waals surface area contributed by atoms with Gasteiger partial charge in [-0.05, 0) is 12.1 Å². The van der Waals surface area contributed by atoms with Crippen molar-refractivity contribution < 1.29 is 14.3 Å². The maximum absolute atomic E-state index is 11.5. The minimum absolute atomic E-state index is 0.186. The normalized spacial score (nSPS) is 9.73. The molecule has 0 radical (unpaired) electrons. The maximum Gasteiger partial charge on any atom is 0.305 e. The van der Waals surface area contributed by atoms with Crippen molar-refractivity contribution in [2.45, 2.75) is 13.3 Å². The van der Waals surface area contributed by atoms with Crippen LogP contribution in [-0.2, 0) is 9.53 Å². The van der Waals surface area contributed by atoms with Crippen molar-refractivity contribution in [3.8, 4) is 0 Å². The van der Waals surface area contributed by atoms with Crippen LogP contribution >= 0.6 is 15.9 Å². The van der Waals surface area contributed by atoms with Gasteiger partial charge in [-0.25, -0.2) is 0 Å². The number of Topliss-reactive ketones (excluding diaryl/α,β-unsaturated/α-hetero) is 1. The number of ketones is 1. The average Bonchev–Trinajstić information content (AvgIpc) is 2.26. The van der Waals surface area contributed by atoms with E-state index in [4.69, 9.17) is 4.74 Å². The molecule has 0 fully saturated rings. The molecule has 0 atom stereocenters. The van der Waals surface area contributed by atoms with Crippen LogP contribution in [0.15, 0.2) is 28.7 Å². The minimum atomic E-state index is -0.361. The molecule has 1 aromatic rings. The predicted molar refractivity (Wildman–Crippen MR) is 59.7 cm³/mol. The zero-order chi connectivity index (χ0) is 11.3. The van der Waals surface area contributed by atoms with Gasteiger partial charge in [0.25, 0.3) is 0 Å². The summed E-state index contributed by atoms with van der Waals surface area (Å²) in [4.78, 5) is 22.3. The summed E-state index contributed by atoms with van der Waals surface area (Å²) in [7, 11) is 0.